The molecule has 2 heteroatoms. The van der Waals surface area contributed by atoms with Crippen molar-refractivity contribution >= 4 is 0 Å². The Balaban J connectivity index is 1.66. The summed E-state index contributed by atoms with van der Waals surface area (Å²) in [5, 5.41) is 20.5. The van der Waals surface area contributed by atoms with E-state index in [0.717, 1.165) is 41.7 Å². The molecular formula is C26H32O2. The van der Waals surface area contributed by atoms with Crippen LogP contribution in [-0.4, -0.2) is 10.2 Å². The summed E-state index contributed by atoms with van der Waals surface area (Å²) in [4.78, 5) is 0. The summed E-state index contributed by atoms with van der Waals surface area (Å²) in [6.45, 7) is 4.25. The molecule has 4 saturated carbocycles. The van der Waals surface area contributed by atoms with Crippen molar-refractivity contribution in [3.8, 4) is 11.5 Å². The van der Waals surface area contributed by atoms with Crippen molar-refractivity contribution in [2.75, 3.05) is 0 Å². The van der Waals surface area contributed by atoms with Gasteiger partial charge in [-0.3, -0.25) is 0 Å². The predicted molar refractivity (Wildman–Crippen MR) is 113 cm³/mol. The first kappa shape index (κ1) is 18.1. The minimum Gasteiger partial charge on any atom is -0.508 e. The second-order valence-electron chi connectivity index (χ2n) is 9.68. The quantitative estimate of drug-likeness (QED) is 0.678. The number of rotatable bonds is 4. The normalized spacial score (nSPS) is 33.4. The van der Waals surface area contributed by atoms with Crippen molar-refractivity contribution in [1.29, 1.82) is 0 Å². The highest BCUT2D eigenvalue weighted by molar-refractivity contribution is 5.46. The molecule has 0 saturated heterocycles. The van der Waals surface area contributed by atoms with Crippen molar-refractivity contribution in [1.82, 2.24) is 0 Å². The molecule has 2 N–H and O–H groups in total. The number of aryl methyl sites for hydroxylation is 2. The van der Waals surface area contributed by atoms with Crippen molar-refractivity contribution in [3.63, 3.8) is 0 Å². The molecule has 0 radical (unpaired) electrons. The zero-order chi connectivity index (χ0) is 19.5. The fraction of sp³-hybridized carbons (Fsp3) is 0.538. The Labute approximate surface area is 168 Å². The molecule has 4 aliphatic rings. The molecule has 6 rings (SSSR count). The summed E-state index contributed by atoms with van der Waals surface area (Å²) >= 11 is 0. The third-order valence-corrected chi connectivity index (χ3v) is 8.19. The Morgan fingerprint density at radius 2 is 1.43 bits per heavy atom. The minimum absolute atomic E-state index is 0.189. The van der Waals surface area contributed by atoms with Crippen LogP contribution in [-0.2, 0) is 18.3 Å². The Hall–Kier alpha value is -1.96. The molecule has 4 fully saturated rings. The number of hydrogen-bond acceptors (Lipinski definition) is 2. The molecule has 2 nitrogen and oxygen atoms in total. The fourth-order valence-electron chi connectivity index (χ4n) is 7.31. The van der Waals surface area contributed by atoms with Gasteiger partial charge in [-0.05, 0) is 103 Å². The summed E-state index contributed by atoms with van der Waals surface area (Å²) in [5.74, 6) is 3.86. The van der Waals surface area contributed by atoms with E-state index >= 15 is 0 Å². The predicted octanol–water partition coefficient (Wildman–Crippen LogP) is 6.08. The van der Waals surface area contributed by atoms with E-state index < -0.39 is 0 Å². The van der Waals surface area contributed by atoms with Crippen LogP contribution in [0.15, 0.2) is 36.4 Å². The van der Waals surface area contributed by atoms with E-state index in [9.17, 15) is 10.2 Å². The summed E-state index contributed by atoms with van der Waals surface area (Å²) in [5.41, 5.74) is 5.20. The van der Waals surface area contributed by atoms with Gasteiger partial charge in [-0.15, -0.1) is 0 Å². The molecule has 0 amide bonds. The monoisotopic (exact) mass is 376 g/mol. The summed E-state index contributed by atoms with van der Waals surface area (Å²) in [6.07, 6.45) is 8.44. The Bertz CT molecular complexity index is 885. The molecule has 148 valence electrons. The van der Waals surface area contributed by atoms with Crippen LogP contribution in [0.5, 0.6) is 11.5 Å². The lowest BCUT2D eigenvalue weighted by molar-refractivity contribution is -0.0281. The van der Waals surface area contributed by atoms with Gasteiger partial charge in [0.05, 0.1) is 0 Å². The third-order valence-electron chi connectivity index (χ3n) is 8.19. The standard InChI is InChI=1S/C26H32O2/c1-3-18-12-20(5-7-23(18)27)25-21-10-16-9-17(11-21)15-26(25,14-16)22-6-8-24(28)19(4-2)13-22/h5-8,12-13,16-17,21,25,27-28H,3-4,9-11,14-15H2,1-2H3. The van der Waals surface area contributed by atoms with Crippen LogP contribution < -0.4 is 0 Å². The average molecular weight is 377 g/mol. The first-order valence-electron chi connectivity index (χ1n) is 11.2. The van der Waals surface area contributed by atoms with Crippen LogP contribution in [0.3, 0.4) is 0 Å². The van der Waals surface area contributed by atoms with E-state index in [-0.39, 0.29) is 5.41 Å². The zero-order valence-corrected chi connectivity index (χ0v) is 17.1. The topological polar surface area (TPSA) is 40.5 Å². The summed E-state index contributed by atoms with van der Waals surface area (Å²) < 4.78 is 0. The third kappa shape index (κ3) is 2.60. The van der Waals surface area contributed by atoms with E-state index in [2.05, 4.69) is 38.1 Å². The highest BCUT2D eigenvalue weighted by atomic mass is 16.3. The maximum absolute atomic E-state index is 10.3. The molecule has 3 unspecified atom stereocenters. The number of hydrogen-bond donors (Lipinski definition) is 2. The maximum Gasteiger partial charge on any atom is 0.118 e. The highest BCUT2D eigenvalue weighted by Crippen LogP contribution is 2.66. The van der Waals surface area contributed by atoms with Gasteiger partial charge in [0.1, 0.15) is 11.5 Å². The molecule has 3 atom stereocenters. The Kier molecular flexibility index (Phi) is 4.23. The largest absolute Gasteiger partial charge is 0.508 e. The lowest BCUT2D eigenvalue weighted by Gasteiger charge is -2.62. The van der Waals surface area contributed by atoms with Gasteiger partial charge in [0.2, 0.25) is 0 Å². The van der Waals surface area contributed by atoms with E-state index in [4.69, 9.17) is 0 Å². The molecule has 2 aromatic carbocycles. The van der Waals surface area contributed by atoms with Crippen LogP contribution in [0.2, 0.25) is 0 Å². The Morgan fingerprint density at radius 3 is 2.07 bits per heavy atom. The average Bonchev–Trinajstić information content (AvgIpc) is 2.68. The minimum atomic E-state index is 0.189. The lowest BCUT2D eigenvalue weighted by atomic mass is 9.42. The van der Waals surface area contributed by atoms with Gasteiger partial charge in [-0.1, -0.05) is 38.1 Å². The summed E-state index contributed by atoms with van der Waals surface area (Å²) in [6, 6.07) is 12.8. The van der Waals surface area contributed by atoms with Gasteiger partial charge in [-0.2, -0.15) is 0 Å². The van der Waals surface area contributed by atoms with E-state index in [1.54, 1.807) is 0 Å². The molecular weight excluding hydrogens is 344 g/mol. The molecule has 0 heterocycles. The fourth-order valence-corrected chi connectivity index (χ4v) is 7.31. The maximum atomic E-state index is 10.3. The molecule has 4 aliphatic carbocycles. The smallest absolute Gasteiger partial charge is 0.118 e. The van der Waals surface area contributed by atoms with Crippen LogP contribution in [0.4, 0.5) is 0 Å². The number of phenols is 2. The summed E-state index contributed by atoms with van der Waals surface area (Å²) in [7, 11) is 0. The first-order valence-corrected chi connectivity index (χ1v) is 11.2. The SMILES string of the molecule is CCc1cc(C2C3CC4CC(C3)CC2(c2ccc(O)c(CC)c2)C4)ccc1O. The number of aromatic hydroxyl groups is 2. The second-order valence-corrected chi connectivity index (χ2v) is 9.68. The molecule has 0 aliphatic heterocycles. The Morgan fingerprint density at radius 1 is 0.821 bits per heavy atom. The number of benzene rings is 2. The van der Waals surface area contributed by atoms with E-state index in [1.807, 2.05) is 12.1 Å². The molecule has 4 bridgehead atoms. The molecule has 28 heavy (non-hydrogen) atoms. The van der Waals surface area contributed by atoms with E-state index in [0.29, 0.717) is 17.4 Å². The first-order chi connectivity index (χ1) is 13.5. The van der Waals surface area contributed by atoms with Gasteiger partial charge >= 0.3 is 0 Å². The van der Waals surface area contributed by atoms with Gasteiger partial charge in [-0.25, -0.2) is 0 Å². The number of phenolic OH excluding ortho intramolecular Hbond substituents is 2. The van der Waals surface area contributed by atoms with Crippen LogP contribution >= 0.6 is 0 Å². The van der Waals surface area contributed by atoms with Gasteiger partial charge in [0.25, 0.3) is 0 Å². The van der Waals surface area contributed by atoms with Crippen molar-refractivity contribution in [3.05, 3.63) is 58.7 Å². The van der Waals surface area contributed by atoms with Crippen molar-refractivity contribution < 1.29 is 10.2 Å². The van der Waals surface area contributed by atoms with Crippen molar-refractivity contribution in [2.45, 2.75) is 70.1 Å². The molecule has 2 aromatic rings. The van der Waals surface area contributed by atoms with Gasteiger partial charge in [0.15, 0.2) is 0 Å². The van der Waals surface area contributed by atoms with Crippen molar-refractivity contribution in [2.24, 2.45) is 17.8 Å². The van der Waals surface area contributed by atoms with E-state index in [1.165, 1.54) is 43.2 Å². The van der Waals surface area contributed by atoms with Crippen LogP contribution in [0, 0.1) is 17.8 Å². The molecule has 0 aromatic heterocycles. The van der Waals surface area contributed by atoms with Gasteiger partial charge in [0, 0.05) is 5.41 Å². The lowest BCUT2D eigenvalue weighted by Crippen LogP contribution is -2.53. The highest BCUT2D eigenvalue weighted by Gasteiger charge is 2.58. The second kappa shape index (κ2) is 6.54. The molecule has 0 spiro atoms. The van der Waals surface area contributed by atoms with Gasteiger partial charge < -0.3 is 10.2 Å². The van der Waals surface area contributed by atoms with Crippen LogP contribution in [0.1, 0.15) is 74.1 Å². The van der Waals surface area contributed by atoms with Crippen LogP contribution in [0.25, 0.3) is 0 Å². The zero-order valence-electron chi connectivity index (χ0n) is 17.1.